The minimum absolute atomic E-state index is 0.514. The summed E-state index contributed by atoms with van der Waals surface area (Å²) in [7, 11) is -1.47. The summed E-state index contributed by atoms with van der Waals surface area (Å²) in [6.07, 6.45) is 5.66. The number of terminal acetylenes is 1. The average molecular weight is 200 g/mol. The Hall–Kier alpha value is -0.303. The molecule has 0 radical (unpaired) electrons. The van der Waals surface area contributed by atoms with Crippen LogP contribution in [0.3, 0.4) is 0 Å². The second-order valence-corrected chi connectivity index (χ2v) is 8.65. The summed E-state index contributed by atoms with van der Waals surface area (Å²) in [5.74, 6) is 2.34. The molecule has 2 nitrogen and oxygen atoms in total. The molecule has 0 aliphatic rings. The van der Waals surface area contributed by atoms with Crippen molar-refractivity contribution in [3.8, 4) is 12.3 Å². The van der Waals surface area contributed by atoms with Gasteiger partial charge in [0.05, 0.1) is 0 Å². The highest BCUT2D eigenvalue weighted by Gasteiger charge is 2.22. The SMILES string of the molecule is C#CC(C)(O)CCO[Si](C)(C)CC. The van der Waals surface area contributed by atoms with Gasteiger partial charge in [-0.2, -0.15) is 0 Å². The third-order valence-corrected chi connectivity index (χ3v) is 4.93. The summed E-state index contributed by atoms with van der Waals surface area (Å²) in [6, 6.07) is 1.09. The fourth-order valence-corrected chi connectivity index (χ4v) is 1.56. The summed E-state index contributed by atoms with van der Waals surface area (Å²) in [6.45, 7) is 8.65. The van der Waals surface area contributed by atoms with E-state index in [1.54, 1.807) is 6.92 Å². The van der Waals surface area contributed by atoms with Gasteiger partial charge in [-0.25, -0.2) is 0 Å². The molecule has 1 unspecified atom stereocenters. The molecule has 0 saturated heterocycles. The van der Waals surface area contributed by atoms with E-state index < -0.39 is 13.9 Å². The zero-order valence-corrected chi connectivity index (χ0v) is 10.1. The fraction of sp³-hybridized carbons (Fsp3) is 0.800. The molecule has 1 N–H and O–H groups in total. The van der Waals surface area contributed by atoms with E-state index >= 15 is 0 Å². The molecule has 0 amide bonds. The van der Waals surface area contributed by atoms with Crippen LogP contribution in [-0.2, 0) is 4.43 Å². The molecule has 0 fully saturated rings. The molecule has 0 heterocycles. The van der Waals surface area contributed by atoms with Gasteiger partial charge in [-0.3, -0.25) is 0 Å². The van der Waals surface area contributed by atoms with Crippen LogP contribution in [0.25, 0.3) is 0 Å². The molecule has 3 heteroatoms. The summed E-state index contributed by atoms with van der Waals surface area (Å²) in [5.41, 5.74) is -1.02. The van der Waals surface area contributed by atoms with Crippen LogP contribution in [0, 0.1) is 12.3 Å². The Bertz CT molecular complexity index is 192. The molecule has 0 aliphatic carbocycles. The van der Waals surface area contributed by atoms with E-state index in [-0.39, 0.29) is 0 Å². The van der Waals surface area contributed by atoms with E-state index in [0.29, 0.717) is 13.0 Å². The van der Waals surface area contributed by atoms with Crippen molar-refractivity contribution in [2.24, 2.45) is 0 Å². The lowest BCUT2D eigenvalue weighted by molar-refractivity contribution is 0.0911. The van der Waals surface area contributed by atoms with Gasteiger partial charge in [0.25, 0.3) is 0 Å². The Balaban J connectivity index is 3.76. The molecule has 0 rings (SSSR count). The standard InChI is InChI=1S/C10H20O2Si/c1-6-10(3,11)8-9-12-13(4,5)7-2/h1,11H,7-9H2,2-5H3. The molecule has 0 aromatic rings. The Labute approximate surface area is 82.4 Å². The third kappa shape index (κ3) is 5.86. The second kappa shape index (κ2) is 4.80. The molecule has 0 spiro atoms. The molecular formula is C10H20O2Si. The monoisotopic (exact) mass is 200 g/mol. The largest absolute Gasteiger partial charge is 0.417 e. The van der Waals surface area contributed by atoms with Crippen LogP contribution in [-0.4, -0.2) is 25.6 Å². The number of aliphatic hydroxyl groups is 1. The van der Waals surface area contributed by atoms with Gasteiger partial charge in [0.15, 0.2) is 8.32 Å². The van der Waals surface area contributed by atoms with E-state index in [9.17, 15) is 5.11 Å². The van der Waals surface area contributed by atoms with Crippen LogP contribution in [0.2, 0.25) is 19.1 Å². The van der Waals surface area contributed by atoms with Gasteiger partial charge < -0.3 is 9.53 Å². The van der Waals surface area contributed by atoms with Crippen molar-refractivity contribution in [1.82, 2.24) is 0 Å². The second-order valence-electron chi connectivity index (χ2n) is 4.13. The molecule has 0 aliphatic heterocycles. The normalized spacial score (nSPS) is 16.3. The van der Waals surface area contributed by atoms with Gasteiger partial charge in [-0.1, -0.05) is 12.8 Å². The molecule has 1 atom stereocenters. The summed E-state index contributed by atoms with van der Waals surface area (Å²) in [5, 5.41) is 9.49. The number of rotatable bonds is 5. The first-order chi connectivity index (χ1) is 5.83. The minimum Gasteiger partial charge on any atom is -0.417 e. The van der Waals surface area contributed by atoms with Crippen molar-refractivity contribution in [3.63, 3.8) is 0 Å². The molecule has 76 valence electrons. The Morgan fingerprint density at radius 3 is 2.46 bits per heavy atom. The highest BCUT2D eigenvalue weighted by atomic mass is 28.4. The number of hydrogen-bond donors (Lipinski definition) is 1. The maximum absolute atomic E-state index is 9.49. The van der Waals surface area contributed by atoms with Crippen LogP contribution in [0.1, 0.15) is 20.3 Å². The van der Waals surface area contributed by atoms with E-state index in [0.717, 1.165) is 6.04 Å². The van der Waals surface area contributed by atoms with Gasteiger partial charge in [-0.05, 0) is 26.1 Å². The molecule has 0 aromatic carbocycles. The van der Waals surface area contributed by atoms with Gasteiger partial charge in [0, 0.05) is 13.0 Å². The first kappa shape index (κ1) is 12.7. The molecule has 0 bridgehead atoms. The Morgan fingerprint density at radius 2 is 2.08 bits per heavy atom. The molecule has 13 heavy (non-hydrogen) atoms. The minimum atomic E-state index is -1.47. The first-order valence-electron chi connectivity index (χ1n) is 4.67. The molecule has 0 saturated carbocycles. The summed E-state index contributed by atoms with van der Waals surface area (Å²) < 4.78 is 5.70. The first-order valence-corrected chi connectivity index (χ1v) is 7.78. The van der Waals surface area contributed by atoms with Crippen molar-refractivity contribution in [2.45, 2.75) is 45.0 Å². The van der Waals surface area contributed by atoms with Crippen LogP contribution < -0.4 is 0 Å². The summed E-state index contributed by atoms with van der Waals surface area (Å²) >= 11 is 0. The number of hydrogen-bond acceptors (Lipinski definition) is 2. The lowest BCUT2D eigenvalue weighted by atomic mass is 10.1. The van der Waals surface area contributed by atoms with E-state index in [1.807, 2.05) is 0 Å². The summed E-state index contributed by atoms with van der Waals surface area (Å²) in [4.78, 5) is 0. The predicted molar refractivity (Wildman–Crippen MR) is 58.0 cm³/mol. The van der Waals surface area contributed by atoms with E-state index in [4.69, 9.17) is 10.8 Å². The fourth-order valence-electron chi connectivity index (χ4n) is 0.700. The van der Waals surface area contributed by atoms with E-state index in [2.05, 4.69) is 25.9 Å². The Kier molecular flexibility index (Phi) is 4.69. The quantitative estimate of drug-likeness (QED) is 0.543. The highest BCUT2D eigenvalue weighted by Crippen LogP contribution is 2.13. The maximum atomic E-state index is 9.49. The van der Waals surface area contributed by atoms with Crippen LogP contribution in [0.4, 0.5) is 0 Å². The zero-order valence-electron chi connectivity index (χ0n) is 9.05. The molecule has 0 aromatic heterocycles. The van der Waals surface area contributed by atoms with Crippen molar-refractivity contribution in [2.75, 3.05) is 6.61 Å². The van der Waals surface area contributed by atoms with Gasteiger partial charge in [-0.15, -0.1) is 6.42 Å². The lowest BCUT2D eigenvalue weighted by Gasteiger charge is -2.23. The van der Waals surface area contributed by atoms with Gasteiger partial charge >= 0.3 is 0 Å². The Morgan fingerprint density at radius 1 is 1.54 bits per heavy atom. The van der Waals surface area contributed by atoms with Crippen molar-refractivity contribution >= 4 is 8.32 Å². The van der Waals surface area contributed by atoms with E-state index in [1.165, 1.54) is 0 Å². The maximum Gasteiger partial charge on any atom is 0.186 e. The third-order valence-electron chi connectivity index (χ3n) is 2.24. The van der Waals surface area contributed by atoms with Gasteiger partial charge in [0.1, 0.15) is 5.60 Å². The van der Waals surface area contributed by atoms with Crippen LogP contribution in [0.15, 0.2) is 0 Å². The highest BCUT2D eigenvalue weighted by molar-refractivity contribution is 6.71. The zero-order chi connectivity index (χ0) is 10.5. The molecular weight excluding hydrogens is 180 g/mol. The van der Waals surface area contributed by atoms with Crippen molar-refractivity contribution in [3.05, 3.63) is 0 Å². The predicted octanol–water partition coefficient (Wildman–Crippen LogP) is 2.00. The van der Waals surface area contributed by atoms with Crippen molar-refractivity contribution in [1.29, 1.82) is 0 Å². The van der Waals surface area contributed by atoms with Crippen LogP contribution in [0.5, 0.6) is 0 Å². The average Bonchev–Trinajstić information content (AvgIpc) is 2.04. The topological polar surface area (TPSA) is 29.5 Å². The lowest BCUT2D eigenvalue weighted by Crippen LogP contribution is -2.32. The smallest absolute Gasteiger partial charge is 0.186 e. The van der Waals surface area contributed by atoms with Crippen molar-refractivity contribution < 1.29 is 9.53 Å². The van der Waals surface area contributed by atoms with Gasteiger partial charge in [0.2, 0.25) is 0 Å². The van der Waals surface area contributed by atoms with Crippen LogP contribution >= 0.6 is 0 Å².